The third kappa shape index (κ3) is 2.16. The van der Waals surface area contributed by atoms with E-state index < -0.39 is 15.8 Å². The fraction of sp³-hybridized carbons (Fsp3) is 0.333. The molecule has 1 aliphatic heterocycles. The van der Waals surface area contributed by atoms with Crippen LogP contribution in [0.4, 0.5) is 0 Å². The van der Waals surface area contributed by atoms with Crippen molar-refractivity contribution in [2.75, 3.05) is 13.1 Å². The molecule has 0 spiro atoms. The quantitative estimate of drug-likeness (QED) is 0.868. The maximum absolute atomic E-state index is 12.4. The van der Waals surface area contributed by atoms with Gasteiger partial charge >= 0.3 is 5.76 Å². The standard InChI is InChI=1S/C12H12N2O5S/c15-8-3-5-14(6-4-8)20(17,18)9-1-2-10-11(7-9)19-12(16)13-10/h1-2,7H,3-6H2,(H,13,16). The van der Waals surface area contributed by atoms with E-state index in [1.54, 1.807) is 0 Å². The van der Waals surface area contributed by atoms with Crippen molar-refractivity contribution in [3.05, 3.63) is 28.7 Å². The average molecular weight is 296 g/mol. The minimum absolute atomic E-state index is 0.0575. The molecule has 0 unspecified atom stereocenters. The zero-order valence-electron chi connectivity index (χ0n) is 10.5. The fourth-order valence-corrected chi connectivity index (χ4v) is 3.67. The third-order valence-corrected chi connectivity index (χ3v) is 5.20. The molecule has 8 heteroatoms. The Hall–Kier alpha value is -1.93. The van der Waals surface area contributed by atoms with Crippen molar-refractivity contribution in [3.63, 3.8) is 0 Å². The van der Waals surface area contributed by atoms with Gasteiger partial charge in [-0.2, -0.15) is 4.31 Å². The van der Waals surface area contributed by atoms with Crippen LogP contribution in [0.3, 0.4) is 0 Å². The average Bonchev–Trinajstić information content (AvgIpc) is 2.78. The molecule has 1 aromatic heterocycles. The Labute approximate surface area is 114 Å². The molecule has 2 heterocycles. The number of hydrogen-bond acceptors (Lipinski definition) is 5. The van der Waals surface area contributed by atoms with Crippen LogP contribution in [0.2, 0.25) is 0 Å². The summed E-state index contributed by atoms with van der Waals surface area (Å²) in [6.07, 6.45) is 0.474. The number of aromatic nitrogens is 1. The van der Waals surface area contributed by atoms with E-state index in [4.69, 9.17) is 4.42 Å². The third-order valence-electron chi connectivity index (χ3n) is 3.31. The van der Waals surface area contributed by atoms with Gasteiger partial charge in [0.2, 0.25) is 10.0 Å². The van der Waals surface area contributed by atoms with Crippen LogP contribution in [0.1, 0.15) is 12.8 Å². The van der Waals surface area contributed by atoms with Gasteiger partial charge in [0, 0.05) is 32.0 Å². The molecular formula is C12H12N2O5S. The lowest BCUT2D eigenvalue weighted by Gasteiger charge is -2.25. The van der Waals surface area contributed by atoms with Crippen LogP contribution in [0.5, 0.6) is 0 Å². The molecule has 1 fully saturated rings. The number of nitrogens with zero attached hydrogens (tertiary/aromatic N) is 1. The minimum Gasteiger partial charge on any atom is -0.408 e. The molecule has 0 atom stereocenters. The highest BCUT2D eigenvalue weighted by Crippen LogP contribution is 2.22. The second kappa shape index (κ2) is 4.57. The van der Waals surface area contributed by atoms with Crippen LogP contribution in [0.15, 0.2) is 32.3 Å². The summed E-state index contributed by atoms with van der Waals surface area (Å²) < 4.78 is 31.0. The zero-order valence-corrected chi connectivity index (χ0v) is 11.3. The van der Waals surface area contributed by atoms with E-state index >= 15 is 0 Å². The van der Waals surface area contributed by atoms with Crippen LogP contribution in [0.25, 0.3) is 11.1 Å². The monoisotopic (exact) mass is 296 g/mol. The molecule has 0 radical (unpaired) electrons. The number of sulfonamides is 1. The summed E-state index contributed by atoms with van der Waals surface area (Å²) in [6, 6.07) is 4.22. The maximum atomic E-state index is 12.4. The Morgan fingerprint density at radius 3 is 2.55 bits per heavy atom. The Kier molecular flexibility index (Phi) is 2.98. The van der Waals surface area contributed by atoms with E-state index in [1.165, 1.54) is 22.5 Å². The Balaban J connectivity index is 2.00. The number of H-pyrrole nitrogens is 1. The number of carbonyl (C=O) groups excluding carboxylic acids is 1. The van der Waals surface area contributed by atoms with Gasteiger partial charge in [0.15, 0.2) is 5.58 Å². The Morgan fingerprint density at radius 1 is 1.15 bits per heavy atom. The first-order valence-corrected chi connectivity index (χ1v) is 7.55. The molecule has 20 heavy (non-hydrogen) atoms. The molecule has 1 aromatic carbocycles. The molecule has 7 nitrogen and oxygen atoms in total. The number of carbonyl (C=O) groups is 1. The number of fused-ring (bicyclic) bond motifs is 1. The van der Waals surface area contributed by atoms with Gasteiger partial charge in [0.05, 0.1) is 10.4 Å². The van der Waals surface area contributed by atoms with E-state index in [0.29, 0.717) is 5.52 Å². The van der Waals surface area contributed by atoms with Gasteiger partial charge in [-0.25, -0.2) is 13.2 Å². The molecule has 0 bridgehead atoms. The summed E-state index contributed by atoms with van der Waals surface area (Å²) in [6.45, 7) is 0.382. The number of nitrogens with one attached hydrogen (secondary N) is 1. The fourth-order valence-electron chi connectivity index (χ4n) is 2.21. The summed E-state index contributed by atoms with van der Waals surface area (Å²) in [7, 11) is -3.66. The summed E-state index contributed by atoms with van der Waals surface area (Å²) in [5, 5.41) is 0. The molecule has 0 aliphatic carbocycles. The topological polar surface area (TPSA) is 100 Å². The molecular weight excluding hydrogens is 284 g/mol. The van der Waals surface area contributed by atoms with Crippen molar-refractivity contribution >= 4 is 26.9 Å². The molecule has 1 saturated heterocycles. The van der Waals surface area contributed by atoms with Crippen LogP contribution >= 0.6 is 0 Å². The van der Waals surface area contributed by atoms with Gasteiger partial charge in [-0.1, -0.05) is 0 Å². The highest BCUT2D eigenvalue weighted by atomic mass is 32.2. The Bertz CT molecular complexity index is 823. The number of piperidine rings is 1. The highest BCUT2D eigenvalue weighted by molar-refractivity contribution is 7.89. The first kappa shape index (κ1) is 13.1. The normalized spacial score (nSPS) is 17.7. The van der Waals surface area contributed by atoms with Crippen molar-refractivity contribution in [2.45, 2.75) is 17.7 Å². The van der Waals surface area contributed by atoms with Crippen LogP contribution in [-0.4, -0.2) is 36.6 Å². The number of benzene rings is 1. The van der Waals surface area contributed by atoms with Gasteiger partial charge in [-0.15, -0.1) is 0 Å². The SMILES string of the molecule is O=C1CCN(S(=O)(=O)c2ccc3[nH]c(=O)oc3c2)CC1. The smallest absolute Gasteiger partial charge is 0.408 e. The largest absolute Gasteiger partial charge is 0.417 e. The van der Waals surface area contributed by atoms with Crippen molar-refractivity contribution < 1.29 is 17.6 Å². The van der Waals surface area contributed by atoms with Gasteiger partial charge in [0.1, 0.15) is 5.78 Å². The predicted molar refractivity (Wildman–Crippen MR) is 69.8 cm³/mol. The lowest BCUT2D eigenvalue weighted by atomic mass is 10.1. The summed E-state index contributed by atoms with van der Waals surface area (Å²) >= 11 is 0. The van der Waals surface area contributed by atoms with E-state index in [0.717, 1.165) is 0 Å². The summed E-state index contributed by atoms with van der Waals surface area (Å²) in [5.74, 6) is -0.554. The Morgan fingerprint density at radius 2 is 1.85 bits per heavy atom. The predicted octanol–water partition coefficient (Wildman–Crippen LogP) is 0.475. The molecule has 1 aliphatic rings. The van der Waals surface area contributed by atoms with Crippen LogP contribution < -0.4 is 5.76 Å². The van der Waals surface area contributed by atoms with Crippen molar-refractivity contribution in [2.24, 2.45) is 0 Å². The highest BCUT2D eigenvalue weighted by Gasteiger charge is 2.28. The molecule has 0 saturated carbocycles. The van der Waals surface area contributed by atoms with Crippen molar-refractivity contribution in [1.82, 2.24) is 9.29 Å². The number of hydrogen-bond donors (Lipinski definition) is 1. The first-order valence-electron chi connectivity index (χ1n) is 6.11. The number of rotatable bonds is 2. The van der Waals surface area contributed by atoms with Gasteiger partial charge < -0.3 is 4.42 Å². The first-order chi connectivity index (χ1) is 9.46. The molecule has 2 aromatic rings. The molecule has 3 rings (SSSR count). The molecule has 0 amide bonds. The van der Waals surface area contributed by atoms with Crippen LogP contribution in [-0.2, 0) is 14.8 Å². The summed E-state index contributed by atoms with van der Waals surface area (Å²) in [4.78, 5) is 24.7. The van der Waals surface area contributed by atoms with E-state index in [-0.39, 0.29) is 42.2 Å². The second-order valence-corrected chi connectivity index (χ2v) is 6.55. The lowest BCUT2D eigenvalue weighted by Crippen LogP contribution is -2.38. The number of oxazole rings is 1. The van der Waals surface area contributed by atoms with Crippen molar-refractivity contribution in [1.29, 1.82) is 0 Å². The number of Topliss-reactive ketones (excluding diaryl/α,β-unsaturated/α-hetero) is 1. The maximum Gasteiger partial charge on any atom is 0.417 e. The van der Waals surface area contributed by atoms with E-state index in [2.05, 4.69) is 4.98 Å². The van der Waals surface area contributed by atoms with Gasteiger partial charge in [-0.05, 0) is 12.1 Å². The molecule has 106 valence electrons. The van der Waals surface area contributed by atoms with Gasteiger partial charge in [0.25, 0.3) is 0 Å². The van der Waals surface area contributed by atoms with Gasteiger partial charge in [-0.3, -0.25) is 9.78 Å². The number of aromatic amines is 1. The van der Waals surface area contributed by atoms with Crippen molar-refractivity contribution in [3.8, 4) is 0 Å². The van der Waals surface area contributed by atoms with E-state index in [9.17, 15) is 18.0 Å². The van der Waals surface area contributed by atoms with E-state index in [1.807, 2.05) is 0 Å². The number of ketones is 1. The molecule has 1 N–H and O–H groups in total. The minimum atomic E-state index is -3.66. The second-order valence-electron chi connectivity index (χ2n) is 4.62. The van der Waals surface area contributed by atoms with Crippen LogP contribution in [0, 0.1) is 0 Å². The summed E-state index contributed by atoms with van der Waals surface area (Å²) in [5.41, 5.74) is 0.645. The zero-order chi connectivity index (χ0) is 14.3. The lowest BCUT2D eigenvalue weighted by molar-refractivity contribution is -0.120.